The van der Waals surface area contributed by atoms with Crippen molar-refractivity contribution in [2.24, 2.45) is 0 Å². The normalized spacial score (nSPS) is 20.2. The lowest BCUT2D eigenvalue weighted by Gasteiger charge is -2.40. The summed E-state index contributed by atoms with van der Waals surface area (Å²) in [7, 11) is 7.76. The van der Waals surface area contributed by atoms with Gasteiger partial charge in [-0.15, -0.1) is 0 Å². The van der Waals surface area contributed by atoms with Crippen molar-refractivity contribution in [1.82, 2.24) is 14.8 Å². The number of carbonyl (C=O) groups excluding carboxylic acids is 2. The van der Waals surface area contributed by atoms with Gasteiger partial charge in [0.15, 0.2) is 5.81 Å². The van der Waals surface area contributed by atoms with Crippen LogP contribution in [-0.2, 0) is 13.8 Å². The van der Waals surface area contributed by atoms with Gasteiger partial charge in [0, 0.05) is 29.1 Å². The number of nitrogens with zero attached hydrogens (tertiary/aromatic N) is 2. The van der Waals surface area contributed by atoms with E-state index in [9.17, 15) is 9.59 Å². The molecule has 1 aliphatic heterocycles. The van der Waals surface area contributed by atoms with Crippen LogP contribution < -0.4 is 5.00 Å². The highest BCUT2D eigenvalue weighted by Gasteiger charge is 2.30. The first kappa shape index (κ1) is 17.2. The molecule has 0 spiro atoms. The summed E-state index contributed by atoms with van der Waals surface area (Å²) < 4.78 is 9.65. The van der Waals surface area contributed by atoms with Gasteiger partial charge in [-0.25, -0.2) is 0 Å². The second kappa shape index (κ2) is 9.17. The number of piperazine rings is 1. The zero-order valence-corrected chi connectivity index (χ0v) is 13.9. The van der Waals surface area contributed by atoms with Crippen molar-refractivity contribution in [2.75, 3.05) is 32.8 Å². The van der Waals surface area contributed by atoms with E-state index < -0.39 is 0 Å². The van der Waals surface area contributed by atoms with Crippen molar-refractivity contribution >= 4 is 47.5 Å². The molecule has 4 unspecified atom stereocenters. The first-order valence-corrected chi connectivity index (χ1v) is 7.18. The number of carbonyl (C=O) groups is 2. The van der Waals surface area contributed by atoms with Crippen LogP contribution in [0.15, 0.2) is 0 Å². The Hall–Kier alpha value is 0.175. The topological polar surface area (TPSA) is 71.1 Å². The third kappa shape index (κ3) is 5.59. The van der Waals surface area contributed by atoms with Crippen LogP contribution in [0.3, 0.4) is 0 Å². The Bertz CT molecular complexity index is 326. The van der Waals surface area contributed by atoms with Crippen LogP contribution in [0, 0.1) is 0 Å². The second-order valence-corrected chi connectivity index (χ2v) is 4.95. The summed E-state index contributed by atoms with van der Waals surface area (Å²) in [6.07, 6.45) is 0. The number of nitrogens with one attached hydrogen (secondary N) is 1. The van der Waals surface area contributed by atoms with Crippen LogP contribution in [0.4, 0.5) is 4.79 Å². The third-order valence-corrected chi connectivity index (χ3v) is 3.50. The molecule has 1 aliphatic rings. The van der Waals surface area contributed by atoms with Crippen molar-refractivity contribution in [1.29, 1.82) is 0 Å². The zero-order chi connectivity index (χ0) is 14.3. The molecule has 0 saturated carbocycles. The lowest BCUT2D eigenvalue weighted by Crippen LogP contribution is -2.58. The summed E-state index contributed by atoms with van der Waals surface area (Å²) in [5.41, 5.74) is 0. The molecule has 0 aliphatic carbocycles. The SMILES string of the molecule is O=C(CN1CCN(C(=O)[B]NP)CC1COP)OP. The fourth-order valence-electron chi connectivity index (χ4n) is 1.94. The van der Waals surface area contributed by atoms with Crippen LogP contribution >= 0.6 is 28.3 Å². The number of hydrogen-bond acceptors (Lipinski definition) is 6. The molecule has 1 amide bonds. The monoisotopic (exact) mass is 324 g/mol. The molecule has 7 nitrogen and oxygen atoms in total. The lowest BCUT2D eigenvalue weighted by molar-refractivity contribution is -0.135. The van der Waals surface area contributed by atoms with Crippen LogP contribution in [0.2, 0.25) is 0 Å². The lowest BCUT2D eigenvalue weighted by atomic mass is 9.93. The molecule has 1 heterocycles. The highest BCUT2D eigenvalue weighted by atomic mass is 31.0. The van der Waals surface area contributed by atoms with Crippen LogP contribution in [0.1, 0.15) is 0 Å². The molecule has 1 fully saturated rings. The number of amides is 1. The minimum absolute atomic E-state index is 0.0304. The third-order valence-electron chi connectivity index (χ3n) is 2.88. The van der Waals surface area contributed by atoms with E-state index in [4.69, 9.17) is 4.52 Å². The molecule has 19 heavy (non-hydrogen) atoms. The molecular formula is C8H18BN3O4P3. The van der Waals surface area contributed by atoms with Crippen molar-refractivity contribution in [2.45, 2.75) is 6.04 Å². The van der Waals surface area contributed by atoms with Gasteiger partial charge in [0.2, 0.25) is 0 Å². The maximum atomic E-state index is 11.8. The molecule has 0 aromatic carbocycles. The summed E-state index contributed by atoms with van der Waals surface area (Å²) in [6, 6.07) is -0.0304. The first-order chi connectivity index (χ1) is 9.12. The standard InChI is InChI=1S/C8H18BN3O4P3/c13-7(16-19)4-11-1-2-12(8(14)9-10-17)3-6(11)5-15-18/h6,10H,1-5,17-19H2. The highest BCUT2D eigenvalue weighted by Crippen LogP contribution is 2.12. The summed E-state index contributed by atoms with van der Waals surface area (Å²) in [5, 5.41) is 0. The van der Waals surface area contributed by atoms with E-state index in [2.05, 4.69) is 28.4 Å². The Kier molecular flexibility index (Phi) is 8.32. The minimum Gasteiger partial charge on any atom is -0.451 e. The van der Waals surface area contributed by atoms with Crippen LogP contribution in [0.5, 0.6) is 0 Å². The Morgan fingerprint density at radius 1 is 1.37 bits per heavy atom. The predicted molar refractivity (Wildman–Crippen MR) is 82.4 cm³/mol. The van der Waals surface area contributed by atoms with E-state index in [1.807, 2.05) is 14.4 Å². The van der Waals surface area contributed by atoms with Gasteiger partial charge in [-0.3, -0.25) is 14.5 Å². The molecule has 11 heteroatoms. The van der Waals surface area contributed by atoms with Gasteiger partial charge in [-0.2, -0.15) is 0 Å². The van der Waals surface area contributed by atoms with E-state index in [1.165, 1.54) is 7.41 Å². The summed E-state index contributed by atoms with van der Waals surface area (Å²) in [4.78, 5) is 29.4. The molecule has 0 aromatic heterocycles. The number of hydrogen-bond donors (Lipinski definition) is 1. The smallest absolute Gasteiger partial charge is 0.329 e. The van der Waals surface area contributed by atoms with Gasteiger partial charge in [0.05, 0.1) is 28.7 Å². The molecule has 1 saturated heterocycles. The minimum atomic E-state index is -0.322. The van der Waals surface area contributed by atoms with Crippen molar-refractivity contribution in [3.8, 4) is 0 Å². The quantitative estimate of drug-likeness (QED) is 0.511. The van der Waals surface area contributed by atoms with Gasteiger partial charge >= 0.3 is 13.4 Å². The Morgan fingerprint density at radius 2 is 2.11 bits per heavy atom. The summed E-state index contributed by atoms with van der Waals surface area (Å²) in [5.74, 6) is -0.409. The molecule has 1 radical (unpaired) electrons. The highest BCUT2D eigenvalue weighted by molar-refractivity contribution is 7.18. The van der Waals surface area contributed by atoms with Gasteiger partial charge in [-0.1, -0.05) is 9.39 Å². The molecular weight excluding hydrogens is 306 g/mol. The van der Waals surface area contributed by atoms with Crippen molar-refractivity contribution < 1.29 is 18.6 Å². The molecule has 4 atom stereocenters. The van der Waals surface area contributed by atoms with E-state index >= 15 is 0 Å². The van der Waals surface area contributed by atoms with E-state index in [-0.39, 0.29) is 24.4 Å². The van der Waals surface area contributed by atoms with Crippen molar-refractivity contribution in [3.05, 3.63) is 0 Å². The first-order valence-electron chi connectivity index (χ1n) is 5.66. The van der Waals surface area contributed by atoms with Crippen LogP contribution in [0.25, 0.3) is 0 Å². The molecule has 1 rings (SSSR count). The van der Waals surface area contributed by atoms with Crippen LogP contribution in [-0.4, -0.2) is 67.8 Å². The fourth-order valence-corrected chi connectivity index (χ4v) is 2.38. The average Bonchev–Trinajstić information content (AvgIpc) is 2.41. The maximum Gasteiger partial charge on any atom is 0.329 e. The second-order valence-electron chi connectivity index (χ2n) is 4.04. The van der Waals surface area contributed by atoms with E-state index in [0.29, 0.717) is 26.2 Å². The Morgan fingerprint density at radius 3 is 2.68 bits per heavy atom. The van der Waals surface area contributed by atoms with E-state index in [0.717, 1.165) is 0 Å². The predicted octanol–water partition coefficient (Wildman–Crippen LogP) is -0.768. The molecule has 0 aromatic rings. The van der Waals surface area contributed by atoms with Crippen molar-refractivity contribution in [3.63, 3.8) is 0 Å². The van der Waals surface area contributed by atoms with E-state index in [1.54, 1.807) is 4.90 Å². The summed E-state index contributed by atoms with van der Waals surface area (Å²) in [6.45, 7) is 2.30. The fraction of sp³-hybridized carbons (Fsp3) is 0.750. The van der Waals surface area contributed by atoms with Gasteiger partial charge in [-0.05, 0) is 0 Å². The zero-order valence-electron chi connectivity index (χ0n) is 10.4. The Balaban J connectivity index is 2.58. The Labute approximate surface area is 120 Å². The molecule has 107 valence electrons. The average molecular weight is 324 g/mol. The number of rotatable bonds is 6. The van der Waals surface area contributed by atoms with Gasteiger partial charge < -0.3 is 18.9 Å². The van der Waals surface area contributed by atoms with Gasteiger partial charge in [0.25, 0.3) is 0 Å². The molecule has 0 bridgehead atoms. The maximum absolute atomic E-state index is 11.8. The summed E-state index contributed by atoms with van der Waals surface area (Å²) >= 11 is 0. The molecule has 1 N–H and O–H groups in total. The van der Waals surface area contributed by atoms with Gasteiger partial charge in [0.1, 0.15) is 0 Å². The largest absolute Gasteiger partial charge is 0.451 e.